The molecule has 0 aliphatic rings. The van der Waals surface area contributed by atoms with E-state index < -0.39 is 0 Å². The molecule has 2 aromatic rings. The van der Waals surface area contributed by atoms with Gasteiger partial charge in [0.05, 0.1) is 16.9 Å². The molecule has 22 heavy (non-hydrogen) atoms. The van der Waals surface area contributed by atoms with E-state index in [9.17, 15) is 9.18 Å². The van der Waals surface area contributed by atoms with E-state index in [1.807, 2.05) is 20.8 Å². The van der Waals surface area contributed by atoms with E-state index in [0.29, 0.717) is 22.9 Å². The van der Waals surface area contributed by atoms with Crippen LogP contribution in [0.3, 0.4) is 0 Å². The molecule has 0 saturated heterocycles. The Kier molecular flexibility index (Phi) is 4.86. The van der Waals surface area contributed by atoms with E-state index >= 15 is 0 Å². The molecule has 1 aromatic heterocycles. The third kappa shape index (κ3) is 3.30. The minimum Gasteiger partial charge on any atom is -0.349 e. The third-order valence-electron chi connectivity index (χ3n) is 3.66. The van der Waals surface area contributed by atoms with Crippen LogP contribution in [-0.4, -0.2) is 21.7 Å². The molecule has 118 valence electrons. The van der Waals surface area contributed by atoms with Crippen LogP contribution in [0, 0.1) is 18.7 Å². The number of carbonyl (C=O) groups is 1. The molecular weight excluding hydrogens is 305 g/mol. The lowest BCUT2D eigenvalue weighted by molar-refractivity contribution is 0.0930. The number of nitrogens with zero attached hydrogens (tertiary/aromatic N) is 2. The van der Waals surface area contributed by atoms with Gasteiger partial charge in [0, 0.05) is 6.04 Å². The molecule has 4 nitrogen and oxygen atoms in total. The number of nitrogens with one attached hydrogen (secondary N) is 1. The van der Waals surface area contributed by atoms with Gasteiger partial charge in [0.25, 0.3) is 5.91 Å². The van der Waals surface area contributed by atoms with Crippen molar-refractivity contribution in [3.05, 3.63) is 46.5 Å². The summed E-state index contributed by atoms with van der Waals surface area (Å²) in [5.74, 6) is -0.278. The molecule has 0 radical (unpaired) electrons. The molecule has 0 saturated carbocycles. The summed E-state index contributed by atoms with van der Waals surface area (Å²) >= 11 is 6.31. The fourth-order valence-electron chi connectivity index (χ4n) is 1.96. The van der Waals surface area contributed by atoms with Gasteiger partial charge < -0.3 is 5.32 Å². The van der Waals surface area contributed by atoms with Crippen LogP contribution >= 0.6 is 11.6 Å². The van der Waals surface area contributed by atoms with Crippen molar-refractivity contribution >= 4 is 17.5 Å². The Bertz CT molecular complexity index is 679. The molecule has 1 heterocycles. The molecule has 0 aliphatic carbocycles. The first-order valence-corrected chi connectivity index (χ1v) is 7.51. The van der Waals surface area contributed by atoms with Crippen molar-refractivity contribution < 1.29 is 9.18 Å². The first-order valence-electron chi connectivity index (χ1n) is 7.13. The number of amides is 1. The minimum atomic E-state index is -0.340. The zero-order valence-corrected chi connectivity index (χ0v) is 13.8. The van der Waals surface area contributed by atoms with Crippen LogP contribution < -0.4 is 5.32 Å². The monoisotopic (exact) mass is 323 g/mol. The second-order valence-electron chi connectivity index (χ2n) is 5.65. The summed E-state index contributed by atoms with van der Waals surface area (Å²) in [5, 5.41) is 7.42. The lowest BCUT2D eigenvalue weighted by atomic mass is 10.1. The third-order valence-corrected chi connectivity index (χ3v) is 4.01. The molecular formula is C16H19ClFN3O. The maximum atomic E-state index is 13.0. The predicted octanol–water partition coefficient (Wildman–Crippen LogP) is 3.75. The molecule has 2 rings (SSSR count). The Labute approximate surface area is 134 Å². The van der Waals surface area contributed by atoms with Crippen LogP contribution in [0.2, 0.25) is 5.15 Å². The number of halogens is 2. The van der Waals surface area contributed by atoms with Crippen molar-refractivity contribution in [2.24, 2.45) is 5.92 Å². The fourth-order valence-corrected chi connectivity index (χ4v) is 2.31. The summed E-state index contributed by atoms with van der Waals surface area (Å²) in [6.07, 6.45) is 0. The van der Waals surface area contributed by atoms with Gasteiger partial charge in [-0.3, -0.25) is 4.79 Å². The van der Waals surface area contributed by atoms with Crippen LogP contribution in [-0.2, 0) is 0 Å². The van der Waals surface area contributed by atoms with Gasteiger partial charge in [-0.15, -0.1) is 0 Å². The average Bonchev–Trinajstić information content (AvgIpc) is 2.74. The highest BCUT2D eigenvalue weighted by Crippen LogP contribution is 2.24. The summed E-state index contributed by atoms with van der Waals surface area (Å²) < 4.78 is 14.4. The molecule has 6 heteroatoms. The highest BCUT2D eigenvalue weighted by atomic mass is 35.5. The van der Waals surface area contributed by atoms with Crippen molar-refractivity contribution in [2.75, 3.05) is 0 Å². The van der Waals surface area contributed by atoms with Crippen LogP contribution in [0.15, 0.2) is 24.3 Å². The maximum Gasteiger partial charge on any atom is 0.256 e. The molecule has 0 bridgehead atoms. The van der Waals surface area contributed by atoms with Gasteiger partial charge >= 0.3 is 0 Å². The van der Waals surface area contributed by atoms with Gasteiger partial charge in [-0.2, -0.15) is 5.10 Å². The lowest BCUT2D eigenvalue weighted by Crippen LogP contribution is -2.36. The van der Waals surface area contributed by atoms with Gasteiger partial charge in [0.2, 0.25) is 0 Å². The first-order chi connectivity index (χ1) is 10.3. The zero-order valence-electron chi connectivity index (χ0n) is 13.0. The van der Waals surface area contributed by atoms with Crippen molar-refractivity contribution in [1.82, 2.24) is 15.1 Å². The lowest BCUT2D eigenvalue weighted by Gasteiger charge is -2.17. The Morgan fingerprint density at radius 1 is 1.27 bits per heavy atom. The van der Waals surface area contributed by atoms with E-state index in [1.165, 1.54) is 16.8 Å². The minimum absolute atomic E-state index is 0.0251. The van der Waals surface area contributed by atoms with E-state index in [1.54, 1.807) is 19.1 Å². The van der Waals surface area contributed by atoms with E-state index in [-0.39, 0.29) is 22.9 Å². The van der Waals surface area contributed by atoms with Gasteiger partial charge in [0.15, 0.2) is 0 Å². The molecule has 0 fully saturated rings. The molecule has 1 amide bonds. The Balaban J connectivity index is 2.35. The number of rotatable bonds is 4. The van der Waals surface area contributed by atoms with Crippen LogP contribution in [0.4, 0.5) is 4.39 Å². The number of aromatic nitrogens is 2. The van der Waals surface area contributed by atoms with Crippen molar-refractivity contribution in [3.8, 4) is 5.69 Å². The first kappa shape index (κ1) is 16.5. The standard InChI is InChI=1S/C16H19ClFN3O/c1-9(2)10(3)19-16(22)14-11(4)20-21(15(14)17)13-7-5-12(18)6-8-13/h5-10H,1-4H3,(H,19,22). The van der Waals surface area contributed by atoms with Crippen molar-refractivity contribution in [2.45, 2.75) is 33.7 Å². The Hall–Kier alpha value is -1.88. The zero-order chi connectivity index (χ0) is 16.4. The van der Waals surface area contributed by atoms with Crippen molar-refractivity contribution in [1.29, 1.82) is 0 Å². The number of carbonyl (C=O) groups excluding carboxylic acids is 1. The van der Waals surface area contributed by atoms with Crippen LogP contribution in [0.5, 0.6) is 0 Å². The normalized spacial score (nSPS) is 12.5. The fraction of sp³-hybridized carbons (Fsp3) is 0.375. The molecule has 1 N–H and O–H groups in total. The Morgan fingerprint density at radius 2 is 1.86 bits per heavy atom. The largest absolute Gasteiger partial charge is 0.349 e. The highest BCUT2D eigenvalue weighted by Gasteiger charge is 2.22. The van der Waals surface area contributed by atoms with Crippen LogP contribution in [0.25, 0.3) is 5.69 Å². The number of hydrogen-bond donors (Lipinski definition) is 1. The maximum absolute atomic E-state index is 13.0. The summed E-state index contributed by atoms with van der Waals surface area (Å²) in [7, 11) is 0. The van der Waals surface area contributed by atoms with Gasteiger partial charge in [-0.1, -0.05) is 25.4 Å². The van der Waals surface area contributed by atoms with Gasteiger partial charge in [-0.05, 0) is 44.0 Å². The average molecular weight is 324 g/mol. The van der Waals surface area contributed by atoms with E-state index in [2.05, 4.69) is 10.4 Å². The molecule has 1 aromatic carbocycles. The molecule has 0 aliphatic heterocycles. The quantitative estimate of drug-likeness (QED) is 0.931. The summed E-state index contributed by atoms with van der Waals surface area (Å²) in [5.41, 5.74) is 1.48. The molecule has 1 atom stereocenters. The summed E-state index contributed by atoms with van der Waals surface area (Å²) in [6.45, 7) is 7.72. The van der Waals surface area contributed by atoms with Gasteiger partial charge in [-0.25, -0.2) is 9.07 Å². The topological polar surface area (TPSA) is 46.9 Å². The SMILES string of the molecule is Cc1nn(-c2ccc(F)cc2)c(Cl)c1C(=O)NC(C)C(C)C. The number of benzene rings is 1. The second kappa shape index (κ2) is 6.48. The van der Waals surface area contributed by atoms with Crippen molar-refractivity contribution in [3.63, 3.8) is 0 Å². The second-order valence-corrected chi connectivity index (χ2v) is 6.00. The Morgan fingerprint density at radius 3 is 2.41 bits per heavy atom. The number of hydrogen-bond acceptors (Lipinski definition) is 2. The smallest absolute Gasteiger partial charge is 0.256 e. The summed E-state index contributed by atoms with van der Waals surface area (Å²) in [4.78, 5) is 12.4. The predicted molar refractivity (Wildman–Crippen MR) is 85.0 cm³/mol. The van der Waals surface area contributed by atoms with E-state index in [0.717, 1.165) is 0 Å². The molecule has 1 unspecified atom stereocenters. The van der Waals surface area contributed by atoms with Gasteiger partial charge in [0.1, 0.15) is 11.0 Å². The molecule has 0 spiro atoms. The highest BCUT2D eigenvalue weighted by molar-refractivity contribution is 6.33. The van der Waals surface area contributed by atoms with E-state index in [4.69, 9.17) is 11.6 Å². The summed E-state index contributed by atoms with van der Waals surface area (Å²) in [6, 6.07) is 5.79. The van der Waals surface area contributed by atoms with Crippen LogP contribution in [0.1, 0.15) is 36.8 Å². The number of aryl methyl sites for hydroxylation is 1.